The number of hydrogen-bond acceptors (Lipinski definition) is 5. The maximum absolute atomic E-state index is 5.18. The number of rotatable bonds is 8. The Morgan fingerprint density at radius 2 is 1.28 bits per heavy atom. The van der Waals surface area contributed by atoms with E-state index in [0.29, 0.717) is 13.2 Å². The minimum absolute atomic E-state index is 0.606. The van der Waals surface area contributed by atoms with E-state index in [1.807, 2.05) is 25.5 Å². The van der Waals surface area contributed by atoms with Crippen LogP contribution in [0.25, 0.3) is 0 Å². The molecule has 3 aromatic heterocycles. The van der Waals surface area contributed by atoms with Gasteiger partial charge in [-0.2, -0.15) is 0 Å². The summed E-state index contributed by atoms with van der Waals surface area (Å²) in [6.07, 6.45) is 10.1. The molecule has 0 fully saturated rings. The summed E-state index contributed by atoms with van der Waals surface area (Å²) in [5, 5.41) is 0. The van der Waals surface area contributed by atoms with E-state index in [-0.39, 0.29) is 0 Å². The normalized spacial score (nSPS) is 10.3. The van der Waals surface area contributed by atoms with Gasteiger partial charge in [0, 0.05) is 44.2 Å². The van der Waals surface area contributed by atoms with Gasteiger partial charge in [0.05, 0.1) is 18.9 Å². The van der Waals surface area contributed by atoms with Crippen LogP contribution in [0.1, 0.15) is 83.7 Å². The van der Waals surface area contributed by atoms with E-state index < -0.39 is 0 Å². The third kappa shape index (κ3) is 9.79. The van der Waals surface area contributed by atoms with Crippen molar-refractivity contribution in [2.75, 3.05) is 14.2 Å². The smallest absolute Gasteiger partial charge is 0.0884 e. The van der Waals surface area contributed by atoms with Crippen LogP contribution in [0.4, 0.5) is 0 Å². The van der Waals surface area contributed by atoms with Crippen LogP contribution in [-0.4, -0.2) is 29.2 Å². The number of pyridine rings is 3. The first-order valence-electron chi connectivity index (χ1n) is 13.1. The van der Waals surface area contributed by atoms with Crippen molar-refractivity contribution in [2.45, 2.75) is 94.3 Å². The van der Waals surface area contributed by atoms with Gasteiger partial charge < -0.3 is 9.47 Å². The Kier molecular flexibility index (Phi) is 14.8. The molecule has 0 aliphatic heterocycles. The first-order valence-corrected chi connectivity index (χ1v) is 13.1. The summed E-state index contributed by atoms with van der Waals surface area (Å²) >= 11 is 0. The quantitative estimate of drug-likeness (QED) is 0.337. The minimum Gasteiger partial charge on any atom is -0.380 e. The van der Waals surface area contributed by atoms with Crippen LogP contribution in [0.5, 0.6) is 0 Å². The third-order valence-electron chi connectivity index (χ3n) is 6.29. The molecule has 5 nitrogen and oxygen atoms in total. The zero-order chi connectivity index (χ0) is 27.1. The SMILES string of the molecule is CCc1cc(C)cc(COC)n1.CCc1cnc(C)c(C)c1COC.CCc1cncc(C)c1CC. The van der Waals surface area contributed by atoms with E-state index in [0.717, 1.165) is 42.8 Å². The Labute approximate surface area is 219 Å². The lowest BCUT2D eigenvalue weighted by molar-refractivity contribution is 0.181. The average molecular weight is 494 g/mol. The molecule has 0 bridgehead atoms. The molecule has 0 saturated carbocycles. The molecule has 3 rings (SSSR count). The second-order valence-electron chi connectivity index (χ2n) is 8.97. The summed E-state index contributed by atoms with van der Waals surface area (Å²) in [7, 11) is 3.42. The first kappa shape index (κ1) is 31.4. The van der Waals surface area contributed by atoms with Crippen molar-refractivity contribution in [1.29, 1.82) is 0 Å². The first-order chi connectivity index (χ1) is 17.3. The van der Waals surface area contributed by atoms with Crippen molar-refractivity contribution in [3.8, 4) is 0 Å². The average Bonchev–Trinajstić information content (AvgIpc) is 2.87. The Bertz CT molecular complexity index is 1060. The Hall–Kier alpha value is -2.63. The van der Waals surface area contributed by atoms with E-state index in [2.05, 4.69) is 75.6 Å². The van der Waals surface area contributed by atoms with E-state index in [1.54, 1.807) is 14.2 Å². The molecular formula is C31H47N3O2. The largest absolute Gasteiger partial charge is 0.380 e. The Morgan fingerprint density at radius 3 is 1.81 bits per heavy atom. The predicted molar refractivity (Wildman–Crippen MR) is 151 cm³/mol. The van der Waals surface area contributed by atoms with Crippen LogP contribution < -0.4 is 0 Å². The van der Waals surface area contributed by atoms with Gasteiger partial charge in [0.25, 0.3) is 0 Å². The zero-order valence-corrected chi connectivity index (χ0v) is 24.3. The molecule has 0 saturated heterocycles. The van der Waals surface area contributed by atoms with Crippen LogP contribution in [0.2, 0.25) is 0 Å². The van der Waals surface area contributed by atoms with Crippen molar-refractivity contribution in [3.63, 3.8) is 0 Å². The fourth-order valence-corrected chi connectivity index (χ4v) is 4.14. The number of methoxy groups -OCH3 is 2. The second-order valence-corrected chi connectivity index (χ2v) is 8.97. The Balaban J connectivity index is 0.000000271. The minimum atomic E-state index is 0.606. The fourth-order valence-electron chi connectivity index (χ4n) is 4.14. The molecule has 3 aromatic rings. The molecular weight excluding hydrogens is 446 g/mol. The Morgan fingerprint density at radius 1 is 0.667 bits per heavy atom. The summed E-state index contributed by atoms with van der Waals surface area (Å²) in [5.74, 6) is 0. The number of ether oxygens (including phenoxy) is 2. The van der Waals surface area contributed by atoms with Gasteiger partial charge in [0.1, 0.15) is 0 Å². The fraction of sp³-hybridized carbons (Fsp3) is 0.516. The molecule has 0 atom stereocenters. The standard InChI is InChI=1S/C11H17NO.C10H15NO.C10H15N/c1-5-10-6-12-9(3)8(2)11(10)7-13-4;1-4-9-5-8(2)6-10(11-9)7-12-3;1-4-9-7-11-6-8(3)10(9)5-2/h6H,5,7H2,1-4H3;5-6H,4,7H2,1-3H3;6-7H,4-5H2,1-3H3. The highest BCUT2D eigenvalue weighted by atomic mass is 16.5. The lowest BCUT2D eigenvalue weighted by atomic mass is 10.0. The van der Waals surface area contributed by atoms with Crippen molar-refractivity contribution in [3.05, 3.63) is 86.7 Å². The molecule has 198 valence electrons. The molecule has 5 heteroatoms. The van der Waals surface area contributed by atoms with E-state index in [4.69, 9.17) is 9.47 Å². The van der Waals surface area contributed by atoms with E-state index in [1.165, 1.54) is 38.9 Å². The van der Waals surface area contributed by atoms with Crippen molar-refractivity contribution >= 4 is 0 Å². The van der Waals surface area contributed by atoms with Gasteiger partial charge in [0.2, 0.25) is 0 Å². The van der Waals surface area contributed by atoms with Crippen LogP contribution in [0.3, 0.4) is 0 Å². The lowest BCUT2D eigenvalue weighted by Crippen LogP contribution is -2.02. The highest BCUT2D eigenvalue weighted by Gasteiger charge is 2.07. The molecule has 0 radical (unpaired) electrons. The van der Waals surface area contributed by atoms with Gasteiger partial charge in [-0.15, -0.1) is 0 Å². The topological polar surface area (TPSA) is 57.1 Å². The van der Waals surface area contributed by atoms with Crippen LogP contribution in [-0.2, 0) is 48.4 Å². The lowest BCUT2D eigenvalue weighted by Gasteiger charge is -2.11. The number of aryl methyl sites for hydroxylation is 6. The summed E-state index contributed by atoms with van der Waals surface area (Å²) in [6.45, 7) is 18.3. The summed E-state index contributed by atoms with van der Waals surface area (Å²) in [6, 6.07) is 4.17. The summed E-state index contributed by atoms with van der Waals surface area (Å²) < 4.78 is 10.2. The maximum atomic E-state index is 5.18. The molecule has 0 aliphatic rings. The van der Waals surface area contributed by atoms with Gasteiger partial charge in [-0.25, -0.2) is 0 Å². The highest BCUT2D eigenvalue weighted by Crippen LogP contribution is 2.17. The number of aromatic nitrogens is 3. The predicted octanol–water partition coefficient (Wildman–Crippen LogP) is 7.02. The summed E-state index contributed by atoms with van der Waals surface area (Å²) in [4.78, 5) is 12.9. The second kappa shape index (κ2) is 16.9. The number of nitrogens with zero attached hydrogens (tertiary/aromatic N) is 3. The third-order valence-corrected chi connectivity index (χ3v) is 6.29. The van der Waals surface area contributed by atoms with E-state index in [9.17, 15) is 0 Å². The van der Waals surface area contributed by atoms with Gasteiger partial charge in [0.15, 0.2) is 0 Å². The molecule has 0 aliphatic carbocycles. The van der Waals surface area contributed by atoms with E-state index >= 15 is 0 Å². The number of hydrogen-bond donors (Lipinski definition) is 0. The van der Waals surface area contributed by atoms with Crippen molar-refractivity contribution in [2.24, 2.45) is 0 Å². The molecule has 0 unspecified atom stereocenters. The molecule has 0 N–H and O–H groups in total. The van der Waals surface area contributed by atoms with Gasteiger partial charge in [-0.05, 0) is 104 Å². The zero-order valence-electron chi connectivity index (χ0n) is 24.3. The highest BCUT2D eigenvalue weighted by molar-refractivity contribution is 5.34. The van der Waals surface area contributed by atoms with Crippen LogP contribution in [0.15, 0.2) is 30.7 Å². The molecule has 36 heavy (non-hydrogen) atoms. The van der Waals surface area contributed by atoms with Gasteiger partial charge in [-0.1, -0.05) is 27.7 Å². The van der Waals surface area contributed by atoms with Crippen molar-refractivity contribution in [1.82, 2.24) is 15.0 Å². The van der Waals surface area contributed by atoms with Gasteiger partial charge >= 0.3 is 0 Å². The van der Waals surface area contributed by atoms with Crippen LogP contribution >= 0.6 is 0 Å². The molecule has 0 spiro atoms. The monoisotopic (exact) mass is 493 g/mol. The molecule has 3 heterocycles. The van der Waals surface area contributed by atoms with Gasteiger partial charge in [-0.3, -0.25) is 15.0 Å². The molecule has 0 aromatic carbocycles. The maximum Gasteiger partial charge on any atom is 0.0884 e. The summed E-state index contributed by atoms with van der Waals surface area (Å²) in [5.41, 5.74) is 12.6. The molecule has 0 amide bonds. The van der Waals surface area contributed by atoms with Crippen molar-refractivity contribution < 1.29 is 9.47 Å². The van der Waals surface area contributed by atoms with Crippen LogP contribution in [0, 0.1) is 27.7 Å².